The second kappa shape index (κ2) is 9.42. The molecule has 1 N–H and O–H groups in total. The summed E-state index contributed by atoms with van der Waals surface area (Å²) in [5.74, 6) is 0.770. The Kier molecular flexibility index (Phi) is 7.53. The van der Waals surface area contributed by atoms with Gasteiger partial charge in [-0.2, -0.15) is 0 Å². The van der Waals surface area contributed by atoms with Crippen LogP contribution >= 0.6 is 0 Å². The van der Waals surface area contributed by atoms with Crippen molar-refractivity contribution >= 4 is 11.4 Å². The van der Waals surface area contributed by atoms with Crippen molar-refractivity contribution in [3.8, 4) is 5.75 Å². The Hall–Kier alpha value is -1.53. The van der Waals surface area contributed by atoms with Crippen LogP contribution in [0.3, 0.4) is 0 Å². The SMILES string of the molecule is COc1cccc(C(N[S+]([O-])C(C)(C)C)C(C)OCc2ccccc2)c1. The normalized spacial score (nSPS) is 15.3. The third kappa shape index (κ3) is 6.02. The molecule has 3 atom stereocenters. The molecule has 0 aliphatic heterocycles. The van der Waals surface area contributed by atoms with Gasteiger partial charge >= 0.3 is 0 Å². The summed E-state index contributed by atoms with van der Waals surface area (Å²) in [4.78, 5) is 0. The van der Waals surface area contributed by atoms with Gasteiger partial charge in [0.05, 0.1) is 19.8 Å². The van der Waals surface area contributed by atoms with Crippen molar-refractivity contribution in [1.29, 1.82) is 0 Å². The minimum Gasteiger partial charge on any atom is -0.598 e. The lowest BCUT2D eigenvalue weighted by molar-refractivity contribution is 0.0317. The van der Waals surface area contributed by atoms with Crippen LogP contribution in [-0.4, -0.2) is 22.5 Å². The number of hydrogen-bond donors (Lipinski definition) is 1. The van der Waals surface area contributed by atoms with Crippen LogP contribution in [0.2, 0.25) is 0 Å². The molecule has 2 aromatic carbocycles. The van der Waals surface area contributed by atoms with Gasteiger partial charge in [-0.25, -0.2) is 0 Å². The standard InChI is InChI=1S/C21H29NO3S/c1-16(25-15-17-10-7-6-8-11-17)20(22-26(23)21(2,3)4)18-12-9-13-19(14-18)24-5/h6-14,16,20,22H,15H2,1-5H3. The lowest BCUT2D eigenvalue weighted by Gasteiger charge is -2.31. The van der Waals surface area contributed by atoms with Gasteiger partial charge in [-0.15, -0.1) is 4.72 Å². The lowest BCUT2D eigenvalue weighted by Crippen LogP contribution is -2.44. The molecule has 0 aliphatic rings. The van der Waals surface area contributed by atoms with E-state index in [-0.39, 0.29) is 16.9 Å². The van der Waals surface area contributed by atoms with Gasteiger partial charge in [-0.3, -0.25) is 0 Å². The zero-order valence-electron chi connectivity index (χ0n) is 16.2. The molecular formula is C21H29NO3S. The van der Waals surface area contributed by atoms with Crippen LogP contribution in [0.5, 0.6) is 5.75 Å². The number of rotatable bonds is 8. The molecule has 3 unspecified atom stereocenters. The van der Waals surface area contributed by atoms with Crippen molar-refractivity contribution in [3.63, 3.8) is 0 Å². The minimum atomic E-state index is -1.22. The Morgan fingerprint density at radius 1 is 1.08 bits per heavy atom. The molecule has 2 aromatic rings. The summed E-state index contributed by atoms with van der Waals surface area (Å²) in [6.45, 7) is 8.36. The summed E-state index contributed by atoms with van der Waals surface area (Å²) in [6.07, 6.45) is -0.173. The van der Waals surface area contributed by atoms with Gasteiger partial charge in [-0.1, -0.05) is 42.5 Å². The summed E-state index contributed by atoms with van der Waals surface area (Å²) in [6, 6.07) is 17.6. The molecule has 0 heterocycles. The van der Waals surface area contributed by atoms with Gasteiger partial charge < -0.3 is 14.0 Å². The first kappa shape index (κ1) is 20.8. The van der Waals surface area contributed by atoms with E-state index in [1.165, 1.54) is 0 Å². The maximum atomic E-state index is 12.7. The predicted molar refractivity (Wildman–Crippen MR) is 107 cm³/mol. The van der Waals surface area contributed by atoms with Crippen LogP contribution in [0.15, 0.2) is 54.6 Å². The molecule has 2 rings (SSSR count). The maximum absolute atomic E-state index is 12.7. The van der Waals surface area contributed by atoms with Crippen molar-refractivity contribution in [2.75, 3.05) is 7.11 Å². The van der Waals surface area contributed by atoms with Crippen LogP contribution in [0.4, 0.5) is 0 Å². The number of nitrogens with one attached hydrogen (secondary N) is 1. The zero-order chi connectivity index (χ0) is 19.2. The quantitative estimate of drug-likeness (QED) is 0.695. The van der Waals surface area contributed by atoms with E-state index in [0.717, 1.165) is 16.9 Å². The second-order valence-corrected chi connectivity index (χ2v) is 9.25. The molecule has 0 aromatic heterocycles. The van der Waals surface area contributed by atoms with E-state index in [1.54, 1.807) is 7.11 Å². The van der Waals surface area contributed by atoms with Gasteiger partial charge in [0, 0.05) is 11.4 Å². The monoisotopic (exact) mass is 375 g/mol. The first-order valence-corrected chi connectivity index (χ1v) is 9.94. The van der Waals surface area contributed by atoms with Gasteiger partial charge in [0.2, 0.25) is 0 Å². The topological polar surface area (TPSA) is 53.5 Å². The molecule has 0 bridgehead atoms. The molecule has 4 nitrogen and oxygen atoms in total. The molecule has 5 heteroatoms. The van der Waals surface area contributed by atoms with E-state index in [4.69, 9.17) is 9.47 Å². The average Bonchev–Trinajstić information content (AvgIpc) is 2.64. The van der Waals surface area contributed by atoms with Crippen LogP contribution in [0.25, 0.3) is 0 Å². The highest BCUT2D eigenvalue weighted by Crippen LogP contribution is 2.27. The van der Waals surface area contributed by atoms with E-state index in [0.29, 0.717) is 6.61 Å². The molecule has 0 radical (unpaired) electrons. The minimum absolute atomic E-state index is 0.173. The Morgan fingerprint density at radius 3 is 2.38 bits per heavy atom. The van der Waals surface area contributed by atoms with E-state index in [2.05, 4.69) is 4.72 Å². The highest BCUT2D eigenvalue weighted by atomic mass is 32.2. The molecule has 142 valence electrons. The number of benzene rings is 2. The third-order valence-corrected chi connectivity index (χ3v) is 5.65. The van der Waals surface area contributed by atoms with E-state index in [1.807, 2.05) is 82.3 Å². The van der Waals surface area contributed by atoms with Crippen molar-refractivity contribution in [2.45, 2.75) is 51.2 Å². The molecular weight excluding hydrogens is 346 g/mol. The van der Waals surface area contributed by atoms with Crippen LogP contribution in [-0.2, 0) is 22.7 Å². The Bertz CT molecular complexity index is 672. The predicted octanol–water partition coefficient (Wildman–Crippen LogP) is 4.39. The summed E-state index contributed by atoms with van der Waals surface area (Å²) >= 11 is -1.22. The molecule has 0 fully saturated rings. The molecule has 0 aliphatic carbocycles. The fourth-order valence-corrected chi connectivity index (χ4v) is 3.37. The van der Waals surface area contributed by atoms with E-state index in [9.17, 15) is 4.55 Å². The molecule has 0 saturated heterocycles. The van der Waals surface area contributed by atoms with Crippen LogP contribution in [0, 0.1) is 0 Å². The van der Waals surface area contributed by atoms with E-state index < -0.39 is 11.4 Å². The molecule has 0 amide bonds. The van der Waals surface area contributed by atoms with Crippen LogP contribution in [0.1, 0.15) is 44.9 Å². The van der Waals surface area contributed by atoms with Crippen molar-refractivity contribution in [3.05, 3.63) is 65.7 Å². The van der Waals surface area contributed by atoms with Crippen LogP contribution < -0.4 is 9.46 Å². The highest BCUT2D eigenvalue weighted by molar-refractivity contribution is 7.90. The summed E-state index contributed by atoms with van der Waals surface area (Å²) < 4.78 is 27.0. The third-order valence-electron chi connectivity index (χ3n) is 4.07. The van der Waals surface area contributed by atoms with Gasteiger partial charge in [0.25, 0.3) is 0 Å². The van der Waals surface area contributed by atoms with Crippen molar-refractivity contribution < 1.29 is 14.0 Å². The fourth-order valence-electron chi connectivity index (χ4n) is 2.46. The lowest BCUT2D eigenvalue weighted by atomic mass is 10.0. The molecule has 0 saturated carbocycles. The number of ether oxygens (including phenoxy) is 2. The Labute approximate surface area is 160 Å². The molecule has 0 spiro atoms. The number of hydrogen-bond acceptors (Lipinski definition) is 4. The fraction of sp³-hybridized carbons (Fsp3) is 0.429. The van der Waals surface area contributed by atoms with Crippen molar-refractivity contribution in [2.24, 2.45) is 0 Å². The molecule has 26 heavy (non-hydrogen) atoms. The summed E-state index contributed by atoms with van der Waals surface area (Å²) in [5, 5.41) is 0. The summed E-state index contributed by atoms with van der Waals surface area (Å²) in [7, 11) is 1.64. The van der Waals surface area contributed by atoms with Gasteiger partial charge in [0.15, 0.2) is 0 Å². The first-order chi connectivity index (χ1) is 12.3. The smallest absolute Gasteiger partial charge is 0.136 e. The van der Waals surface area contributed by atoms with Crippen molar-refractivity contribution in [1.82, 2.24) is 4.72 Å². The van der Waals surface area contributed by atoms with E-state index >= 15 is 0 Å². The largest absolute Gasteiger partial charge is 0.598 e. The van der Waals surface area contributed by atoms with Gasteiger partial charge in [-0.05, 0) is 51.0 Å². The zero-order valence-corrected chi connectivity index (χ0v) is 17.0. The highest BCUT2D eigenvalue weighted by Gasteiger charge is 2.32. The van der Waals surface area contributed by atoms with Gasteiger partial charge in [0.1, 0.15) is 16.5 Å². The Balaban J connectivity index is 2.18. The summed E-state index contributed by atoms with van der Waals surface area (Å²) in [5.41, 5.74) is 2.10. The maximum Gasteiger partial charge on any atom is 0.136 e. The average molecular weight is 376 g/mol. The first-order valence-electron chi connectivity index (χ1n) is 8.79. The Morgan fingerprint density at radius 2 is 1.77 bits per heavy atom. The number of methoxy groups -OCH3 is 1. The second-order valence-electron chi connectivity index (χ2n) is 7.25.